The summed E-state index contributed by atoms with van der Waals surface area (Å²) in [7, 11) is 0. The highest BCUT2D eigenvalue weighted by Gasteiger charge is 2.25. The lowest BCUT2D eigenvalue weighted by atomic mass is 9.87. The molecule has 1 aliphatic rings. The minimum Gasteiger partial charge on any atom is -0.361 e. The second-order valence-electron chi connectivity index (χ2n) is 7.48. The molecule has 2 aromatic heterocycles. The lowest BCUT2D eigenvalue weighted by molar-refractivity contribution is -0.122. The molecule has 1 aliphatic carbocycles. The number of nitrogens with one attached hydrogen (secondary N) is 2. The van der Waals surface area contributed by atoms with Crippen LogP contribution in [0.4, 0.5) is 0 Å². The van der Waals surface area contributed by atoms with Crippen molar-refractivity contribution in [3.05, 3.63) is 52.6 Å². The van der Waals surface area contributed by atoms with Crippen molar-refractivity contribution in [2.75, 3.05) is 0 Å². The first kappa shape index (κ1) is 27.9. The van der Waals surface area contributed by atoms with Gasteiger partial charge in [-0.3, -0.25) is 4.79 Å². The zero-order valence-electron chi connectivity index (χ0n) is 21.1. The quantitative estimate of drug-likeness (QED) is 0.409. The molecule has 2 N–H and O–H groups in total. The predicted molar refractivity (Wildman–Crippen MR) is 140 cm³/mol. The Labute approximate surface area is 199 Å². The Kier molecular flexibility index (Phi) is 13.6. The Morgan fingerprint density at radius 3 is 2.38 bits per heavy atom. The van der Waals surface area contributed by atoms with Crippen molar-refractivity contribution < 1.29 is 4.79 Å². The van der Waals surface area contributed by atoms with Gasteiger partial charge in [-0.15, -0.1) is 11.3 Å². The maximum absolute atomic E-state index is 12.8. The number of nitrogens with zero attached hydrogens (tertiary/aromatic N) is 1. The van der Waals surface area contributed by atoms with E-state index in [-0.39, 0.29) is 11.8 Å². The summed E-state index contributed by atoms with van der Waals surface area (Å²) in [4.78, 5) is 20.6. The molecule has 1 aromatic carbocycles. The van der Waals surface area contributed by atoms with Crippen molar-refractivity contribution in [2.24, 2.45) is 5.92 Å². The number of carbonyl (C=O) groups is 1. The molecule has 178 valence electrons. The smallest absolute Gasteiger partial charge is 0.221 e. The van der Waals surface area contributed by atoms with Crippen LogP contribution in [0, 0.1) is 5.92 Å². The van der Waals surface area contributed by atoms with E-state index in [4.69, 9.17) is 0 Å². The van der Waals surface area contributed by atoms with Gasteiger partial charge in [0, 0.05) is 40.9 Å². The van der Waals surface area contributed by atoms with Crippen LogP contribution in [0.25, 0.3) is 10.9 Å². The highest BCUT2D eigenvalue weighted by atomic mass is 32.1. The molecule has 2 heterocycles. The second-order valence-corrected chi connectivity index (χ2v) is 8.20. The summed E-state index contributed by atoms with van der Waals surface area (Å²) in [5.74, 6) is 0.907. The average molecular weight is 458 g/mol. The van der Waals surface area contributed by atoms with E-state index in [1.165, 1.54) is 18.2 Å². The fraction of sp³-hybridized carbons (Fsp3) is 0.556. The fourth-order valence-electron chi connectivity index (χ4n) is 4.03. The lowest BCUT2D eigenvalue weighted by Crippen LogP contribution is -2.38. The molecule has 32 heavy (non-hydrogen) atoms. The average Bonchev–Trinajstić information content (AvgIpc) is 3.54. The van der Waals surface area contributed by atoms with Crippen LogP contribution in [0.5, 0.6) is 0 Å². The molecule has 4 rings (SSSR count). The van der Waals surface area contributed by atoms with Crippen molar-refractivity contribution in [3.8, 4) is 0 Å². The van der Waals surface area contributed by atoms with Gasteiger partial charge in [0.2, 0.25) is 5.91 Å². The minimum atomic E-state index is -0.0140. The van der Waals surface area contributed by atoms with Crippen LogP contribution < -0.4 is 5.32 Å². The number of fused-ring (bicyclic) bond motifs is 1. The largest absolute Gasteiger partial charge is 0.361 e. The number of amides is 1. The van der Waals surface area contributed by atoms with Crippen molar-refractivity contribution in [1.82, 2.24) is 15.3 Å². The first-order valence-electron chi connectivity index (χ1n) is 12.4. The third-order valence-corrected chi connectivity index (χ3v) is 6.18. The monoisotopic (exact) mass is 457 g/mol. The van der Waals surface area contributed by atoms with Crippen LogP contribution in [0.15, 0.2) is 41.4 Å². The standard InChI is InChI=1S/C21H25N3OS.3C2H6/c1-14-6-8-15(9-7-14)24-21(25)10-17(20-12-26-13-23-20)18-11-22-19-5-3-2-4-16(18)19;3*1-2/h2-5,11-15,17,22H,6-10H2,1H3,(H,24,25);3*1-2H3. The van der Waals surface area contributed by atoms with E-state index in [1.807, 2.05) is 65.4 Å². The van der Waals surface area contributed by atoms with Crippen LogP contribution in [-0.4, -0.2) is 21.9 Å². The molecule has 1 fully saturated rings. The Bertz CT molecular complexity index is 864. The number of carbonyl (C=O) groups excluding carboxylic acids is 1. The zero-order valence-corrected chi connectivity index (χ0v) is 21.9. The maximum Gasteiger partial charge on any atom is 0.221 e. The molecule has 1 saturated carbocycles. The highest BCUT2D eigenvalue weighted by Crippen LogP contribution is 2.33. The zero-order chi connectivity index (χ0) is 23.9. The number of aromatic amines is 1. The van der Waals surface area contributed by atoms with Crippen LogP contribution in [0.1, 0.15) is 97.7 Å². The first-order valence-corrected chi connectivity index (χ1v) is 13.4. The molecule has 5 heteroatoms. The molecule has 3 aromatic rings. The number of benzene rings is 1. The van der Waals surface area contributed by atoms with Crippen LogP contribution in [0.2, 0.25) is 0 Å². The summed E-state index contributed by atoms with van der Waals surface area (Å²) in [6.07, 6.45) is 7.09. The van der Waals surface area contributed by atoms with Gasteiger partial charge in [0.1, 0.15) is 0 Å². The summed E-state index contributed by atoms with van der Waals surface area (Å²) in [6.45, 7) is 14.3. The number of aromatic nitrogens is 2. The van der Waals surface area contributed by atoms with Crippen molar-refractivity contribution in [1.29, 1.82) is 0 Å². The van der Waals surface area contributed by atoms with Crippen molar-refractivity contribution in [3.63, 3.8) is 0 Å². The SMILES string of the molecule is CC.CC.CC.CC1CCC(NC(=O)CC(c2cscn2)c2c[nH]c3ccccc23)CC1. The number of thiazole rings is 1. The molecule has 1 atom stereocenters. The van der Waals surface area contributed by atoms with Gasteiger partial charge in [-0.2, -0.15) is 0 Å². The third kappa shape index (κ3) is 7.77. The molecule has 4 nitrogen and oxygen atoms in total. The molecular formula is C27H43N3OS. The van der Waals surface area contributed by atoms with Gasteiger partial charge in [-0.05, 0) is 43.2 Å². The normalized spacial score (nSPS) is 18.1. The van der Waals surface area contributed by atoms with E-state index < -0.39 is 0 Å². The summed E-state index contributed by atoms with van der Waals surface area (Å²) in [5, 5.41) is 6.50. The van der Waals surface area contributed by atoms with E-state index in [1.54, 1.807) is 11.3 Å². The van der Waals surface area contributed by atoms with E-state index in [0.29, 0.717) is 12.5 Å². The highest BCUT2D eigenvalue weighted by molar-refractivity contribution is 7.07. The summed E-state index contributed by atoms with van der Waals surface area (Å²) >= 11 is 1.58. The van der Waals surface area contributed by atoms with Gasteiger partial charge in [0.05, 0.1) is 11.2 Å². The molecule has 0 bridgehead atoms. The molecule has 0 radical (unpaired) electrons. The van der Waals surface area contributed by atoms with Gasteiger partial charge >= 0.3 is 0 Å². The summed E-state index contributed by atoms with van der Waals surface area (Å²) in [6, 6.07) is 8.58. The molecule has 0 spiro atoms. The maximum atomic E-state index is 12.8. The van der Waals surface area contributed by atoms with Gasteiger partial charge in [0.25, 0.3) is 0 Å². The molecule has 0 saturated heterocycles. The Morgan fingerprint density at radius 2 is 1.75 bits per heavy atom. The van der Waals surface area contributed by atoms with Crippen LogP contribution >= 0.6 is 11.3 Å². The second kappa shape index (κ2) is 15.6. The van der Waals surface area contributed by atoms with Gasteiger partial charge in [-0.1, -0.05) is 66.7 Å². The number of hydrogen-bond donors (Lipinski definition) is 2. The molecule has 1 amide bonds. The third-order valence-electron chi connectivity index (χ3n) is 5.58. The molecular weight excluding hydrogens is 414 g/mol. The van der Waals surface area contributed by atoms with E-state index >= 15 is 0 Å². The van der Waals surface area contributed by atoms with Crippen LogP contribution in [0.3, 0.4) is 0 Å². The molecule has 0 aliphatic heterocycles. The number of rotatable bonds is 5. The lowest BCUT2D eigenvalue weighted by Gasteiger charge is -2.27. The summed E-state index contributed by atoms with van der Waals surface area (Å²) < 4.78 is 0. The topological polar surface area (TPSA) is 57.8 Å². The van der Waals surface area contributed by atoms with Crippen molar-refractivity contribution >= 4 is 28.1 Å². The molecule has 1 unspecified atom stereocenters. The fourth-order valence-corrected chi connectivity index (χ4v) is 4.63. The summed E-state index contributed by atoms with van der Waals surface area (Å²) in [5.41, 5.74) is 5.08. The van der Waals surface area contributed by atoms with Gasteiger partial charge in [0.15, 0.2) is 0 Å². The van der Waals surface area contributed by atoms with E-state index in [2.05, 4.69) is 39.7 Å². The van der Waals surface area contributed by atoms with Gasteiger partial charge < -0.3 is 10.3 Å². The number of hydrogen-bond acceptors (Lipinski definition) is 3. The van der Waals surface area contributed by atoms with Crippen molar-refractivity contribution in [2.45, 2.75) is 92.5 Å². The van der Waals surface area contributed by atoms with Gasteiger partial charge in [-0.25, -0.2) is 4.98 Å². The first-order chi connectivity index (χ1) is 15.7. The van der Waals surface area contributed by atoms with E-state index in [0.717, 1.165) is 35.5 Å². The minimum absolute atomic E-state index is 0.0140. The number of H-pyrrole nitrogens is 1. The Hall–Kier alpha value is -2.14. The number of para-hydroxylation sites is 1. The Morgan fingerprint density at radius 1 is 1.09 bits per heavy atom. The predicted octanol–water partition coefficient (Wildman–Crippen LogP) is 7.92. The Balaban J connectivity index is 0.000000789. The van der Waals surface area contributed by atoms with Crippen LogP contribution in [-0.2, 0) is 4.79 Å². The van der Waals surface area contributed by atoms with E-state index in [9.17, 15) is 4.79 Å².